The van der Waals surface area contributed by atoms with E-state index in [0.717, 1.165) is 11.5 Å². The molecule has 1 aliphatic heterocycles. The molecule has 1 fully saturated rings. The summed E-state index contributed by atoms with van der Waals surface area (Å²) in [5.41, 5.74) is 3.65. The molecule has 10 heteroatoms. The molecule has 0 radical (unpaired) electrons. The number of hydrogen-bond acceptors (Lipinski definition) is 9. The van der Waals surface area contributed by atoms with Crippen LogP contribution in [0.2, 0.25) is 0 Å². The standard InChI is InChI=1S/C18H25N5O4S/c1-22(2)16-10-13(11-25-3)19-18(20-16)28-12-14-4-5-15(27-14)17(24)21-23-6-8-26-9-7-23/h4-5,10H,6-9,11-12H2,1-3H3,(H,21,24). The van der Waals surface area contributed by atoms with E-state index in [4.69, 9.17) is 13.9 Å². The molecule has 9 nitrogen and oxygen atoms in total. The molecule has 28 heavy (non-hydrogen) atoms. The van der Waals surface area contributed by atoms with Crippen molar-refractivity contribution in [3.63, 3.8) is 0 Å². The van der Waals surface area contributed by atoms with E-state index in [1.54, 1.807) is 19.2 Å². The lowest BCUT2D eigenvalue weighted by molar-refractivity contribution is 0.0117. The monoisotopic (exact) mass is 407 g/mol. The third-order valence-electron chi connectivity index (χ3n) is 4.00. The molecule has 0 unspecified atom stereocenters. The van der Waals surface area contributed by atoms with Crippen LogP contribution >= 0.6 is 11.8 Å². The molecule has 1 aliphatic rings. The molecule has 1 amide bonds. The summed E-state index contributed by atoms with van der Waals surface area (Å²) in [7, 11) is 5.50. The summed E-state index contributed by atoms with van der Waals surface area (Å²) in [4.78, 5) is 23.3. The van der Waals surface area contributed by atoms with Gasteiger partial charge in [-0.2, -0.15) is 0 Å². The molecule has 0 spiro atoms. The van der Waals surface area contributed by atoms with Gasteiger partial charge >= 0.3 is 5.91 Å². The van der Waals surface area contributed by atoms with E-state index in [0.29, 0.717) is 49.6 Å². The lowest BCUT2D eigenvalue weighted by Gasteiger charge is -2.26. The quantitative estimate of drug-likeness (QED) is 0.517. The average molecular weight is 407 g/mol. The fourth-order valence-electron chi connectivity index (χ4n) is 2.56. The molecular formula is C18H25N5O4S. The van der Waals surface area contributed by atoms with Gasteiger partial charge in [-0.25, -0.2) is 15.0 Å². The Morgan fingerprint density at radius 3 is 2.82 bits per heavy atom. The molecule has 0 bridgehead atoms. The second-order valence-corrected chi connectivity index (χ2v) is 7.36. The molecule has 0 aliphatic carbocycles. The minimum absolute atomic E-state index is 0.258. The Morgan fingerprint density at radius 2 is 2.11 bits per heavy atom. The number of hydrogen-bond donors (Lipinski definition) is 1. The lowest BCUT2D eigenvalue weighted by Crippen LogP contribution is -2.48. The average Bonchev–Trinajstić information content (AvgIpc) is 3.16. The lowest BCUT2D eigenvalue weighted by atomic mass is 10.4. The maximum atomic E-state index is 12.3. The van der Waals surface area contributed by atoms with Gasteiger partial charge in [0.2, 0.25) is 0 Å². The van der Waals surface area contributed by atoms with Gasteiger partial charge in [-0.3, -0.25) is 10.2 Å². The zero-order valence-electron chi connectivity index (χ0n) is 16.3. The maximum Gasteiger partial charge on any atom is 0.301 e. The second kappa shape index (κ2) is 9.87. The Bertz CT molecular complexity index is 792. The number of carbonyl (C=O) groups is 1. The Labute approximate surface area is 168 Å². The van der Waals surface area contributed by atoms with Gasteiger partial charge in [-0.1, -0.05) is 11.8 Å². The Balaban J connectivity index is 1.60. The number of methoxy groups -OCH3 is 1. The normalized spacial score (nSPS) is 14.8. The Hall–Kier alpha value is -2.14. The van der Waals surface area contributed by atoms with E-state index in [-0.39, 0.29) is 11.7 Å². The van der Waals surface area contributed by atoms with Crippen LogP contribution in [0.15, 0.2) is 27.8 Å². The summed E-state index contributed by atoms with van der Waals surface area (Å²) in [6, 6.07) is 5.38. The number of nitrogens with one attached hydrogen (secondary N) is 1. The maximum absolute atomic E-state index is 12.3. The molecule has 0 saturated carbocycles. The van der Waals surface area contributed by atoms with Gasteiger partial charge in [-0.05, 0) is 12.1 Å². The SMILES string of the molecule is COCc1cc(N(C)C)nc(SCc2ccc(C(=O)NN3CCOCC3)o2)n1. The smallest absolute Gasteiger partial charge is 0.301 e. The van der Waals surface area contributed by atoms with Crippen molar-refractivity contribution >= 4 is 23.5 Å². The van der Waals surface area contributed by atoms with Crippen molar-refractivity contribution in [2.24, 2.45) is 0 Å². The minimum Gasteiger partial charge on any atom is -0.455 e. The number of morpholine rings is 1. The molecule has 3 rings (SSSR count). The number of thioether (sulfide) groups is 1. The number of furan rings is 1. The van der Waals surface area contributed by atoms with Crippen molar-refractivity contribution in [3.05, 3.63) is 35.4 Å². The molecule has 0 atom stereocenters. The fourth-order valence-corrected chi connectivity index (χ4v) is 3.33. The first kappa shape index (κ1) is 20.6. The van der Waals surface area contributed by atoms with Gasteiger partial charge in [0, 0.05) is 40.4 Å². The highest BCUT2D eigenvalue weighted by Crippen LogP contribution is 2.23. The highest BCUT2D eigenvalue weighted by Gasteiger charge is 2.17. The van der Waals surface area contributed by atoms with Crippen LogP contribution in [0.5, 0.6) is 0 Å². The Kier molecular flexibility index (Phi) is 7.26. The van der Waals surface area contributed by atoms with Crippen LogP contribution in [0.3, 0.4) is 0 Å². The molecule has 2 aromatic heterocycles. The highest BCUT2D eigenvalue weighted by molar-refractivity contribution is 7.98. The molecule has 1 N–H and O–H groups in total. The van der Waals surface area contributed by atoms with Gasteiger partial charge < -0.3 is 18.8 Å². The first-order valence-corrected chi connectivity index (χ1v) is 9.93. The van der Waals surface area contributed by atoms with Crippen molar-refractivity contribution in [3.8, 4) is 0 Å². The number of nitrogens with zero attached hydrogens (tertiary/aromatic N) is 4. The summed E-state index contributed by atoms with van der Waals surface area (Å²) in [6.07, 6.45) is 0. The Morgan fingerprint density at radius 1 is 1.32 bits per heavy atom. The molecular weight excluding hydrogens is 382 g/mol. The third kappa shape index (κ3) is 5.68. The van der Waals surface area contributed by atoms with E-state index in [2.05, 4.69) is 15.4 Å². The zero-order valence-corrected chi connectivity index (χ0v) is 17.1. The first-order valence-electron chi connectivity index (χ1n) is 8.94. The summed E-state index contributed by atoms with van der Waals surface area (Å²) in [5, 5.41) is 2.47. The van der Waals surface area contributed by atoms with Gasteiger partial charge in [-0.15, -0.1) is 0 Å². The van der Waals surface area contributed by atoms with Gasteiger partial charge in [0.25, 0.3) is 0 Å². The van der Waals surface area contributed by atoms with Gasteiger partial charge in [0.15, 0.2) is 10.9 Å². The van der Waals surface area contributed by atoms with E-state index in [1.807, 2.05) is 30.1 Å². The molecule has 0 aromatic carbocycles. The number of rotatable bonds is 8. The topological polar surface area (TPSA) is 93.0 Å². The minimum atomic E-state index is -0.258. The number of anilines is 1. The third-order valence-corrected chi connectivity index (χ3v) is 4.86. The summed E-state index contributed by atoms with van der Waals surface area (Å²) in [5.74, 6) is 2.05. The summed E-state index contributed by atoms with van der Waals surface area (Å²) >= 11 is 1.45. The molecule has 152 valence electrons. The number of carbonyl (C=O) groups excluding carboxylic acids is 1. The fraction of sp³-hybridized carbons (Fsp3) is 0.500. The predicted octanol–water partition coefficient (Wildman–Crippen LogP) is 1.55. The molecule has 1 saturated heterocycles. The molecule has 3 heterocycles. The number of ether oxygens (including phenoxy) is 2. The number of amides is 1. The summed E-state index contributed by atoms with van der Waals surface area (Å²) < 4.78 is 16.1. The van der Waals surface area contributed by atoms with Crippen LogP contribution in [-0.4, -0.2) is 68.4 Å². The van der Waals surface area contributed by atoms with Crippen LogP contribution in [0.4, 0.5) is 5.82 Å². The number of hydrazine groups is 1. The van der Waals surface area contributed by atoms with Crippen LogP contribution in [0.25, 0.3) is 0 Å². The predicted molar refractivity (Wildman–Crippen MR) is 105 cm³/mol. The highest BCUT2D eigenvalue weighted by atomic mass is 32.2. The number of aromatic nitrogens is 2. The van der Waals surface area contributed by atoms with E-state index < -0.39 is 0 Å². The van der Waals surface area contributed by atoms with Crippen LogP contribution in [-0.2, 0) is 21.8 Å². The molecule has 2 aromatic rings. The van der Waals surface area contributed by atoms with E-state index in [1.165, 1.54) is 11.8 Å². The van der Waals surface area contributed by atoms with E-state index >= 15 is 0 Å². The first-order chi connectivity index (χ1) is 13.5. The zero-order chi connectivity index (χ0) is 19.9. The van der Waals surface area contributed by atoms with Crippen molar-refractivity contribution in [1.82, 2.24) is 20.4 Å². The van der Waals surface area contributed by atoms with Crippen LogP contribution in [0, 0.1) is 0 Å². The van der Waals surface area contributed by atoms with Gasteiger partial charge in [0.05, 0.1) is 31.3 Å². The largest absolute Gasteiger partial charge is 0.455 e. The summed E-state index contributed by atoms with van der Waals surface area (Å²) in [6.45, 7) is 2.97. The van der Waals surface area contributed by atoms with Crippen molar-refractivity contribution in [2.75, 3.05) is 52.4 Å². The van der Waals surface area contributed by atoms with Gasteiger partial charge in [0.1, 0.15) is 11.6 Å². The van der Waals surface area contributed by atoms with Crippen molar-refractivity contribution < 1.29 is 18.7 Å². The van der Waals surface area contributed by atoms with Crippen LogP contribution < -0.4 is 10.3 Å². The van der Waals surface area contributed by atoms with Crippen LogP contribution in [0.1, 0.15) is 22.0 Å². The van der Waals surface area contributed by atoms with Crippen molar-refractivity contribution in [2.45, 2.75) is 17.5 Å². The van der Waals surface area contributed by atoms with Crippen molar-refractivity contribution in [1.29, 1.82) is 0 Å². The second-order valence-electron chi connectivity index (χ2n) is 6.42. The van der Waals surface area contributed by atoms with E-state index in [9.17, 15) is 4.79 Å².